The van der Waals surface area contributed by atoms with Crippen molar-refractivity contribution in [3.05, 3.63) is 29.8 Å². The fourth-order valence-corrected chi connectivity index (χ4v) is 1.43. The van der Waals surface area contributed by atoms with Crippen LogP contribution < -0.4 is 16.4 Å². The first-order valence-corrected chi connectivity index (χ1v) is 5.54. The van der Waals surface area contributed by atoms with Crippen LogP contribution in [0.25, 0.3) is 0 Å². The van der Waals surface area contributed by atoms with Gasteiger partial charge in [-0.15, -0.1) is 0 Å². The molecule has 1 aromatic rings. The van der Waals surface area contributed by atoms with E-state index in [9.17, 15) is 14.4 Å². The molecule has 1 rings (SSSR count). The molecule has 0 aromatic heterocycles. The summed E-state index contributed by atoms with van der Waals surface area (Å²) in [6, 6.07) is 4.98. The van der Waals surface area contributed by atoms with E-state index in [0.717, 1.165) is 5.56 Å². The molecular formula is C12H15N3O4. The maximum atomic E-state index is 11.6. The highest BCUT2D eigenvalue weighted by molar-refractivity contribution is 5.94. The Labute approximate surface area is 109 Å². The number of hydrogen-bond acceptors (Lipinski definition) is 3. The molecule has 7 heteroatoms. The summed E-state index contributed by atoms with van der Waals surface area (Å²) in [6.07, 6.45) is -0.462. The van der Waals surface area contributed by atoms with Gasteiger partial charge in [0.2, 0.25) is 5.91 Å². The number of carbonyl (C=O) groups is 3. The van der Waals surface area contributed by atoms with Crippen LogP contribution in [0.15, 0.2) is 24.3 Å². The summed E-state index contributed by atoms with van der Waals surface area (Å²) in [5.74, 6) is -2.12. The Morgan fingerprint density at radius 2 is 1.95 bits per heavy atom. The summed E-state index contributed by atoms with van der Waals surface area (Å²) < 4.78 is 0. The summed E-state index contributed by atoms with van der Waals surface area (Å²) >= 11 is 0. The maximum absolute atomic E-state index is 11.6. The molecule has 1 aromatic carbocycles. The molecule has 0 fully saturated rings. The van der Waals surface area contributed by atoms with E-state index in [1.54, 1.807) is 25.1 Å². The first-order valence-electron chi connectivity index (χ1n) is 5.54. The summed E-state index contributed by atoms with van der Waals surface area (Å²) in [7, 11) is 0. The minimum atomic E-state index is -1.35. The zero-order valence-electron chi connectivity index (χ0n) is 10.3. The predicted octanol–water partition coefficient (Wildman–Crippen LogP) is 0.445. The molecule has 0 radical (unpaired) electrons. The number of aryl methyl sites for hydroxylation is 1. The van der Waals surface area contributed by atoms with E-state index in [1.807, 2.05) is 6.07 Å². The molecule has 0 heterocycles. The highest BCUT2D eigenvalue weighted by Gasteiger charge is 2.22. The fourth-order valence-electron chi connectivity index (χ4n) is 1.43. The van der Waals surface area contributed by atoms with Gasteiger partial charge in [0.15, 0.2) is 0 Å². The standard InChI is InChI=1S/C12H15N3O4/c1-7-4-2-3-5-8(7)14-12(19)15-9(11(17)18)6-10(13)16/h2-5,9H,6H2,1H3,(H2,13,16)(H,17,18)(H2,14,15,19)/t9-/m0/s1. The minimum Gasteiger partial charge on any atom is -0.480 e. The average Bonchev–Trinajstić information content (AvgIpc) is 2.30. The summed E-state index contributed by atoms with van der Waals surface area (Å²) in [4.78, 5) is 33.2. The second-order valence-corrected chi connectivity index (χ2v) is 3.97. The lowest BCUT2D eigenvalue weighted by atomic mass is 10.2. The third-order valence-electron chi connectivity index (χ3n) is 2.40. The third kappa shape index (κ3) is 4.66. The average molecular weight is 265 g/mol. The molecule has 0 aliphatic carbocycles. The van der Waals surface area contributed by atoms with Gasteiger partial charge in [0.05, 0.1) is 6.42 Å². The van der Waals surface area contributed by atoms with Gasteiger partial charge in [-0.2, -0.15) is 0 Å². The van der Waals surface area contributed by atoms with Crippen molar-refractivity contribution in [2.45, 2.75) is 19.4 Å². The maximum Gasteiger partial charge on any atom is 0.326 e. The van der Waals surface area contributed by atoms with Crippen molar-refractivity contribution in [3.63, 3.8) is 0 Å². The normalized spacial score (nSPS) is 11.4. The van der Waals surface area contributed by atoms with E-state index >= 15 is 0 Å². The van der Waals surface area contributed by atoms with Gasteiger partial charge in [-0.05, 0) is 18.6 Å². The van der Waals surface area contributed by atoms with Crippen LogP contribution >= 0.6 is 0 Å². The topological polar surface area (TPSA) is 122 Å². The number of nitrogens with two attached hydrogens (primary N) is 1. The Morgan fingerprint density at radius 1 is 1.32 bits per heavy atom. The number of primary amides is 1. The number of carboxylic acids is 1. The van der Waals surface area contributed by atoms with Crippen LogP contribution in [0.4, 0.5) is 10.5 Å². The smallest absolute Gasteiger partial charge is 0.326 e. The molecule has 0 aliphatic rings. The number of amides is 3. The van der Waals surface area contributed by atoms with E-state index < -0.39 is 30.4 Å². The quantitative estimate of drug-likeness (QED) is 0.617. The molecule has 0 bridgehead atoms. The van der Waals surface area contributed by atoms with E-state index in [2.05, 4.69) is 10.6 Å². The van der Waals surface area contributed by atoms with Gasteiger partial charge in [0.1, 0.15) is 6.04 Å². The number of nitrogens with one attached hydrogen (secondary N) is 2. The number of carbonyl (C=O) groups excluding carboxylic acids is 2. The van der Waals surface area contributed by atoms with Crippen LogP contribution in [-0.2, 0) is 9.59 Å². The van der Waals surface area contributed by atoms with Crippen molar-refractivity contribution in [1.82, 2.24) is 5.32 Å². The molecule has 0 saturated carbocycles. The molecular weight excluding hydrogens is 250 g/mol. The van der Waals surface area contributed by atoms with Crippen LogP contribution in [-0.4, -0.2) is 29.1 Å². The molecule has 0 spiro atoms. The molecule has 3 amide bonds. The Morgan fingerprint density at radius 3 is 2.47 bits per heavy atom. The second-order valence-electron chi connectivity index (χ2n) is 3.97. The first-order chi connectivity index (χ1) is 8.90. The van der Waals surface area contributed by atoms with Crippen molar-refractivity contribution in [1.29, 1.82) is 0 Å². The molecule has 0 aliphatic heterocycles. The second kappa shape index (κ2) is 6.39. The van der Waals surface area contributed by atoms with E-state index in [1.165, 1.54) is 0 Å². The molecule has 5 N–H and O–H groups in total. The first kappa shape index (κ1) is 14.5. The number of anilines is 1. The van der Waals surface area contributed by atoms with Crippen LogP contribution in [0.2, 0.25) is 0 Å². The Bertz CT molecular complexity index is 502. The van der Waals surface area contributed by atoms with Gasteiger partial charge >= 0.3 is 12.0 Å². The van der Waals surface area contributed by atoms with Gasteiger partial charge in [0, 0.05) is 5.69 Å². The number of para-hydroxylation sites is 1. The summed E-state index contributed by atoms with van der Waals surface area (Å²) in [5, 5.41) is 13.5. The number of carboxylic acid groups (broad SMARTS) is 1. The summed E-state index contributed by atoms with van der Waals surface area (Å²) in [5.41, 5.74) is 6.30. The molecule has 19 heavy (non-hydrogen) atoms. The zero-order valence-corrected chi connectivity index (χ0v) is 10.3. The molecule has 0 unspecified atom stereocenters. The Kier molecular flexibility index (Phi) is 4.87. The van der Waals surface area contributed by atoms with E-state index in [0.29, 0.717) is 5.69 Å². The van der Waals surface area contributed by atoms with Crippen LogP contribution in [0.5, 0.6) is 0 Å². The lowest BCUT2D eigenvalue weighted by Gasteiger charge is -2.14. The van der Waals surface area contributed by atoms with Crippen molar-refractivity contribution in [3.8, 4) is 0 Å². The molecule has 0 saturated heterocycles. The van der Waals surface area contributed by atoms with E-state index in [-0.39, 0.29) is 0 Å². The number of benzene rings is 1. The largest absolute Gasteiger partial charge is 0.480 e. The predicted molar refractivity (Wildman–Crippen MR) is 68.6 cm³/mol. The number of hydrogen-bond donors (Lipinski definition) is 4. The van der Waals surface area contributed by atoms with Gasteiger partial charge in [-0.3, -0.25) is 4.79 Å². The molecule has 102 valence electrons. The number of rotatable bonds is 5. The van der Waals surface area contributed by atoms with Gasteiger partial charge in [0.25, 0.3) is 0 Å². The van der Waals surface area contributed by atoms with Gasteiger partial charge in [-0.1, -0.05) is 18.2 Å². The fraction of sp³-hybridized carbons (Fsp3) is 0.250. The monoisotopic (exact) mass is 265 g/mol. The molecule has 7 nitrogen and oxygen atoms in total. The van der Waals surface area contributed by atoms with Crippen molar-refractivity contribution in [2.24, 2.45) is 5.73 Å². The van der Waals surface area contributed by atoms with Gasteiger partial charge in [-0.25, -0.2) is 9.59 Å². The highest BCUT2D eigenvalue weighted by atomic mass is 16.4. The van der Waals surface area contributed by atoms with Crippen LogP contribution in [0.1, 0.15) is 12.0 Å². The Hall–Kier alpha value is -2.57. The van der Waals surface area contributed by atoms with E-state index in [4.69, 9.17) is 10.8 Å². The SMILES string of the molecule is Cc1ccccc1NC(=O)N[C@@H](CC(N)=O)C(=O)O. The lowest BCUT2D eigenvalue weighted by Crippen LogP contribution is -2.45. The zero-order chi connectivity index (χ0) is 14.4. The minimum absolute atomic E-state index is 0.462. The van der Waals surface area contributed by atoms with Crippen LogP contribution in [0.3, 0.4) is 0 Å². The highest BCUT2D eigenvalue weighted by Crippen LogP contribution is 2.12. The Balaban J connectivity index is 2.65. The van der Waals surface area contributed by atoms with Crippen molar-refractivity contribution >= 4 is 23.6 Å². The summed E-state index contributed by atoms with van der Waals surface area (Å²) in [6.45, 7) is 1.80. The van der Waals surface area contributed by atoms with Crippen molar-refractivity contribution in [2.75, 3.05) is 5.32 Å². The van der Waals surface area contributed by atoms with Gasteiger partial charge < -0.3 is 21.5 Å². The molecule has 1 atom stereocenters. The number of urea groups is 1. The third-order valence-corrected chi connectivity index (χ3v) is 2.40. The van der Waals surface area contributed by atoms with Crippen LogP contribution in [0, 0.1) is 6.92 Å². The number of aliphatic carboxylic acids is 1. The van der Waals surface area contributed by atoms with Crippen molar-refractivity contribution < 1.29 is 19.5 Å². The lowest BCUT2D eigenvalue weighted by molar-refractivity contribution is -0.140.